The first kappa shape index (κ1) is 25.2. The van der Waals surface area contributed by atoms with Crippen LogP contribution in [-0.2, 0) is 24.3 Å². The summed E-state index contributed by atoms with van der Waals surface area (Å²) in [7, 11) is 0. The van der Waals surface area contributed by atoms with Gasteiger partial charge in [0, 0.05) is 44.5 Å². The summed E-state index contributed by atoms with van der Waals surface area (Å²) >= 11 is 0. The summed E-state index contributed by atoms with van der Waals surface area (Å²) in [5, 5.41) is 3.22. The standard InChI is InChI=1S/C34H41N3O/c1-3-5-12-30-31(36-20-17-26(18-21-36)37-22-24-10-6-7-11-25(24)23-37)16-15-29-27-13-8-9-14-28(27)33(32(29)30)34(38)35-19-4-2/h6-11,13-16,26,33H,3-5,12,17-23H2,1-2H3,(H,35,38). The van der Waals surface area contributed by atoms with E-state index in [0.717, 1.165) is 58.4 Å². The van der Waals surface area contributed by atoms with Gasteiger partial charge in [0.1, 0.15) is 0 Å². The van der Waals surface area contributed by atoms with E-state index in [0.29, 0.717) is 6.04 Å². The second-order valence-electron chi connectivity index (χ2n) is 11.3. The molecule has 1 aliphatic carbocycles. The minimum Gasteiger partial charge on any atom is -0.371 e. The number of benzene rings is 3. The molecular formula is C34H41N3O. The van der Waals surface area contributed by atoms with E-state index >= 15 is 0 Å². The van der Waals surface area contributed by atoms with E-state index in [2.05, 4.69) is 89.6 Å². The van der Waals surface area contributed by atoms with E-state index in [1.807, 2.05) is 0 Å². The molecule has 0 radical (unpaired) electrons. The minimum absolute atomic E-state index is 0.153. The Morgan fingerprint density at radius 3 is 2.29 bits per heavy atom. The van der Waals surface area contributed by atoms with Crippen molar-refractivity contribution in [3.05, 3.63) is 88.5 Å². The predicted molar refractivity (Wildman–Crippen MR) is 157 cm³/mol. The first-order chi connectivity index (χ1) is 18.7. The van der Waals surface area contributed by atoms with Gasteiger partial charge in [-0.1, -0.05) is 74.9 Å². The number of fused-ring (bicyclic) bond motifs is 4. The van der Waals surface area contributed by atoms with Crippen molar-refractivity contribution in [2.45, 2.75) is 77.4 Å². The van der Waals surface area contributed by atoms with Gasteiger partial charge in [0.05, 0.1) is 5.92 Å². The number of hydrogen-bond acceptors (Lipinski definition) is 3. The smallest absolute Gasteiger partial charge is 0.232 e. The van der Waals surface area contributed by atoms with E-state index in [1.165, 1.54) is 57.5 Å². The highest BCUT2D eigenvalue weighted by atomic mass is 16.1. The number of anilines is 1. The first-order valence-electron chi connectivity index (χ1n) is 14.8. The van der Waals surface area contributed by atoms with Crippen LogP contribution in [0.15, 0.2) is 60.7 Å². The number of nitrogens with zero attached hydrogens (tertiary/aromatic N) is 2. The molecule has 3 aromatic rings. The molecule has 0 saturated carbocycles. The fourth-order valence-electron chi connectivity index (χ4n) is 6.99. The van der Waals surface area contributed by atoms with Crippen LogP contribution in [0.25, 0.3) is 11.1 Å². The molecule has 0 aromatic heterocycles. The minimum atomic E-state index is -0.208. The third-order valence-corrected chi connectivity index (χ3v) is 8.96. The van der Waals surface area contributed by atoms with Gasteiger partial charge in [-0.05, 0) is 77.1 Å². The summed E-state index contributed by atoms with van der Waals surface area (Å²) in [4.78, 5) is 18.9. The van der Waals surface area contributed by atoms with Crippen molar-refractivity contribution in [2.75, 3.05) is 24.5 Å². The van der Waals surface area contributed by atoms with E-state index < -0.39 is 0 Å². The maximum absolute atomic E-state index is 13.6. The lowest BCUT2D eigenvalue weighted by Crippen LogP contribution is -2.43. The van der Waals surface area contributed by atoms with Gasteiger partial charge in [0.25, 0.3) is 0 Å². The summed E-state index contributed by atoms with van der Waals surface area (Å²) in [6, 6.07) is 22.8. The van der Waals surface area contributed by atoms with Gasteiger partial charge in [-0.3, -0.25) is 9.69 Å². The molecule has 198 valence electrons. The van der Waals surface area contributed by atoms with Gasteiger partial charge < -0.3 is 10.2 Å². The summed E-state index contributed by atoms with van der Waals surface area (Å²) in [6.45, 7) is 9.45. The first-order valence-corrected chi connectivity index (χ1v) is 14.8. The number of hydrogen-bond donors (Lipinski definition) is 1. The largest absolute Gasteiger partial charge is 0.371 e. The lowest BCUT2D eigenvalue weighted by molar-refractivity contribution is -0.121. The maximum atomic E-state index is 13.6. The monoisotopic (exact) mass is 507 g/mol. The van der Waals surface area contributed by atoms with Gasteiger partial charge in [-0.15, -0.1) is 0 Å². The Balaban J connectivity index is 1.29. The highest BCUT2D eigenvalue weighted by molar-refractivity contribution is 5.98. The Morgan fingerprint density at radius 2 is 1.58 bits per heavy atom. The molecule has 0 spiro atoms. The molecule has 2 aliphatic heterocycles. The van der Waals surface area contributed by atoms with Crippen LogP contribution in [0.2, 0.25) is 0 Å². The van der Waals surface area contributed by atoms with E-state index in [-0.39, 0.29) is 11.8 Å². The number of nitrogens with one attached hydrogen (secondary N) is 1. The van der Waals surface area contributed by atoms with Gasteiger partial charge in [0.2, 0.25) is 5.91 Å². The van der Waals surface area contributed by atoms with Crippen molar-refractivity contribution < 1.29 is 4.79 Å². The Labute approximate surface area is 228 Å². The Hall–Kier alpha value is -3.11. The van der Waals surface area contributed by atoms with E-state index in [4.69, 9.17) is 0 Å². The molecule has 38 heavy (non-hydrogen) atoms. The molecule has 1 N–H and O–H groups in total. The highest BCUT2D eigenvalue weighted by Gasteiger charge is 2.37. The molecule has 4 nitrogen and oxygen atoms in total. The SMILES string of the molecule is CCCCc1c(N2CCC(N3Cc4ccccc4C3)CC2)ccc2c1C(C(=O)NCCC)c1ccccc1-2. The van der Waals surface area contributed by atoms with Crippen molar-refractivity contribution >= 4 is 11.6 Å². The zero-order valence-corrected chi connectivity index (χ0v) is 23.0. The Kier molecular flexibility index (Phi) is 7.25. The summed E-state index contributed by atoms with van der Waals surface area (Å²) in [6.07, 6.45) is 6.67. The molecule has 1 atom stereocenters. The Bertz CT molecular complexity index is 1280. The molecule has 1 saturated heterocycles. The predicted octanol–water partition coefficient (Wildman–Crippen LogP) is 6.65. The lowest BCUT2D eigenvalue weighted by atomic mass is 9.88. The van der Waals surface area contributed by atoms with Gasteiger partial charge in [0.15, 0.2) is 0 Å². The number of amides is 1. The van der Waals surface area contributed by atoms with Gasteiger partial charge in [-0.2, -0.15) is 0 Å². The number of carbonyl (C=O) groups excluding carboxylic acids is 1. The molecule has 3 aliphatic rings. The third kappa shape index (κ3) is 4.53. The van der Waals surface area contributed by atoms with Crippen molar-refractivity contribution in [2.24, 2.45) is 0 Å². The van der Waals surface area contributed by atoms with Crippen LogP contribution in [0, 0.1) is 0 Å². The second kappa shape index (κ2) is 10.9. The van der Waals surface area contributed by atoms with Gasteiger partial charge in [-0.25, -0.2) is 0 Å². The quantitative estimate of drug-likeness (QED) is 0.371. The molecule has 1 unspecified atom stereocenters. The number of piperidine rings is 1. The molecule has 1 fully saturated rings. The van der Waals surface area contributed by atoms with Crippen LogP contribution >= 0.6 is 0 Å². The average Bonchev–Trinajstić information content (AvgIpc) is 3.54. The fraction of sp³-hybridized carbons (Fsp3) is 0.441. The second-order valence-corrected chi connectivity index (χ2v) is 11.3. The van der Waals surface area contributed by atoms with Crippen molar-refractivity contribution in [1.29, 1.82) is 0 Å². The van der Waals surface area contributed by atoms with Crippen LogP contribution in [0.1, 0.15) is 79.7 Å². The average molecular weight is 508 g/mol. The molecule has 4 heteroatoms. The van der Waals surface area contributed by atoms with Crippen LogP contribution in [-0.4, -0.2) is 36.5 Å². The molecule has 2 heterocycles. The van der Waals surface area contributed by atoms with Crippen LogP contribution in [0.5, 0.6) is 0 Å². The van der Waals surface area contributed by atoms with Gasteiger partial charge >= 0.3 is 0 Å². The number of unbranched alkanes of at least 4 members (excludes halogenated alkanes) is 1. The van der Waals surface area contributed by atoms with E-state index in [1.54, 1.807) is 0 Å². The topological polar surface area (TPSA) is 35.6 Å². The molecule has 0 bridgehead atoms. The fourth-order valence-corrected chi connectivity index (χ4v) is 6.99. The number of carbonyl (C=O) groups is 1. The highest BCUT2D eigenvalue weighted by Crippen LogP contribution is 2.49. The molecule has 3 aromatic carbocycles. The summed E-state index contributed by atoms with van der Waals surface area (Å²) < 4.78 is 0. The summed E-state index contributed by atoms with van der Waals surface area (Å²) in [5.74, 6) is -0.0551. The maximum Gasteiger partial charge on any atom is 0.232 e. The zero-order valence-electron chi connectivity index (χ0n) is 23.0. The lowest BCUT2D eigenvalue weighted by Gasteiger charge is -2.39. The third-order valence-electron chi connectivity index (χ3n) is 8.96. The molecule has 6 rings (SSSR count). The summed E-state index contributed by atoms with van der Waals surface area (Å²) in [5.41, 5.74) is 10.7. The van der Waals surface area contributed by atoms with Crippen molar-refractivity contribution in [3.63, 3.8) is 0 Å². The zero-order chi connectivity index (χ0) is 26.1. The normalized spacial score (nSPS) is 18.8. The Morgan fingerprint density at radius 1 is 0.868 bits per heavy atom. The van der Waals surface area contributed by atoms with E-state index in [9.17, 15) is 4.79 Å². The molecular weight excluding hydrogens is 466 g/mol. The van der Waals surface area contributed by atoms with Crippen molar-refractivity contribution in [1.82, 2.24) is 10.2 Å². The van der Waals surface area contributed by atoms with Crippen LogP contribution in [0.3, 0.4) is 0 Å². The van der Waals surface area contributed by atoms with Crippen LogP contribution < -0.4 is 10.2 Å². The number of rotatable bonds is 8. The van der Waals surface area contributed by atoms with Crippen LogP contribution in [0.4, 0.5) is 5.69 Å². The molecule has 1 amide bonds. The van der Waals surface area contributed by atoms with Crippen molar-refractivity contribution in [3.8, 4) is 11.1 Å².